The number of hydrazine groups is 1. The van der Waals surface area contributed by atoms with Crippen molar-refractivity contribution in [2.75, 3.05) is 0 Å². The monoisotopic (exact) mass is 268 g/mol. The molecule has 0 saturated carbocycles. The van der Waals surface area contributed by atoms with Crippen LogP contribution in [0.2, 0.25) is 0 Å². The van der Waals surface area contributed by atoms with Crippen LogP contribution in [0.25, 0.3) is 0 Å². The summed E-state index contributed by atoms with van der Waals surface area (Å²) in [6, 6.07) is 0.00713. The lowest BCUT2D eigenvalue weighted by molar-refractivity contribution is -0.203. The molecule has 1 unspecified atom stereocenters. The predicted molar refractivity (Wildman–Crippen MR) is 72.0 cm³/mol. The van der Waals surface area contributed by atoms with E-state index in [0.717, 1.165) is 12.8 Å². The summed E-state index contributed by atoms with van der Waals surface area (Å²) in [5.41, 5.74) is 0.0231. The topological polar surface area (TPSA) is 40.6 Å². The third-order valence-electron chi connectivity index (χ3n) is 6.11. The van der Waals surface area contributed by atoms with Crippen LogP contribution >= 0.6 is 0 Å². The van der Waals surface area contributed by atoms with Crippen molar-refractivity contribution in [3.63, 3.8) is 0 Å². The lowest BCUT2D eigenvalue weighted by Gasteiger charge is -2.70. The zero-order valence-corrected chi connectivity index (χ0v) is 11.3. The Morgan fingerprint density at radius 2 is 1.40 bits per heavy atom. The first-order chi connectivity index (χ1) is 9.62. The van der Waals surface area contributed by atoms with Crippen LogP contribution in [0.1, 0.15) is 19.8 Å². The molecule has 3 heterocycles. The Balaban J connectivity index is 1.75. The smallest absolute Gasteiger partial charge is 0.254 e. The van der Waals surface area contributed by atoms with Gasteiger partial charge in [-0.2, -0.15) is 0 Å². The average molecular weight is 268 g/mol. The minimum absolute atomic E-state index is 0.00356. The lowest BCUT2D eigenvalue weighted by Crippen LogP contribution is -2.76. The van der Waals surface area contributed by atoms with Gasteiger partial charge in [0.05, 0.1) is 12.1 Å². The number of allylic oxidation sites excluding steroid dienone is 2. The zero-order valence-electron chi connectivity index (χ0n) is 11.3. The lowest BCUT2D eigenvalue weighted by atomic mass is 9.42. The third-order valence-corrected chi connectivity index (χ3v) is 6.11. The number of amides is 2. The summed E-state index contributed by atoms with van der Waals surface area (Å²) < 4.78 is 0. The summed E-state index contributed by atoms with van der Waals surface area (Å²) in [4.78, 5) is 24.9. The Bertz CT molecular complexity index is 597. The van der Waals surface area contributed by atoms with Gasteiger partial charge in [0.2, 0.25) is 0 Å². The van der Waals surface area contributed by atoms with E-state index in [1.165, 1.54) is 0 Å². The molecule has 2 amide bonds. The quantitative estimate of drug-likeness (QED) is 0.492. The second-order valence-corrected chi connectivity index (χ2v) is 6.66. The number of carbonyl (C=O) groups excluding carboxylic acids is 2. The van der Waals surface area contributed by atoms with Crippen LogP contribution < -0.4 is 0 Å². The van der Waals surface area contributed by atoms with Crippen LogP contribution in [0.4, 0.5) is 0 Å². The van der Waals surface area contributed by atoms with Gasteiger partial charge in [0.25, 0.3) is 11.8 Å². The minimum atomic E-state index is -0.528. The van der Waals surface area contributed by atoms with Crippen molar-refractivity contribution in [1.29, 1.82) is 0 Å². The molecule has 102 valence electrons. The molecule has 2 saturated heterocycles. The van der Waals surface area contributed by atoms with Crippen molar-refractivity contribution < 1.29 is 9.59 Å². The Kier molecular flexibility index (Phi) is 1.59. The van der Waals surface area contributed by atoms with Crippen LogP contribution in [0, 0.1) is 16.7 Å². The number of rotatable bonds is 0. The van der Waals surface area contributed by atoms with Crippen molar-refractivity contribution >= 4 is 11.8 Å². The fraction of sp³-hybridized carbons (Fsp3) is 0.500. The number of hydrogen-bond donors (Lipinski definition) is 0. The van der Waals surface area contributed by atoms with Gasteiger partial charge in [-0.1, -0.05) is 36.5 Å². The Morgan fingerprint density at radius 3 is 1.80 bits per heavy atom. The molecule has 0 aromatic heterocycles. The van der Waals surface area contributed by atoms with Gasteiger partial charge in [-0.3, -0.25) is 9.59 Å². The normalized spacial score (nSPS) is 50.1. The van der Waals surface area contributed by atoms with E-state index in [2.05, 4.69) is 36.5 Å². The molecule has 2 bridgehead atoms. The summed E-state index contributed by atoms with van der Waals surface area (Å²) in [6.45, 7) is 1.73. The van der Waals surface area contributed by atoms with E-state index >= 15 is 0 Å². The summed E-state index contributed by atoms with van der Waals surface area (Å²) in [6.07, 6.45) is 15.2. The maximum Gasteiger partial charge on any atom is 0.254 e. The second kappa shape index (κ2) is 2.92. The molecule has 6 rings (SSSR count). The molecule has 3 aliphatic heterocycles. The maximum absolute atomic E-state index is 12.5. The fourth-order valence-electron chi connectivity index (χ4n) is 4.98. The molecule has 6 aliphatic rings. The molecule has 4 heteroatoms. The van der Waals surface area contributed by atoms with E-state index in [1.54, 1.807) is 16.9 Å². The van der Waals surface area contributed by atoms with E-state index < -0.39 is 5.92 Å². The van der Waals surface area contributed by atoms with E-state index in [0.29, 0.717) is 0 Å². The Labute approximate surface area is 117 Å². The first-order valence-corrected chi connectivity index (χ1v) is 7.32. The largest absolute Gasteiger partial charge is 0.272 e. The van der Waals surface area contributed by atoms with Crippen molar-refractivity contribution in [1.82, 2.24) is 10.0 Å². The van der Waals surface area contributed by atoms with Gasteiger partial charge in [0.15, 0.2) is 0 Å². The van der Waals surface area contributed by atoms with Crippen molar-refractivity contribution in [2.45, 2.75) is 31.8 Å². The highest BCUT2D eigenvalue weighted by Gasteiger charge is 2.72. The first kappa shape index (κ1) is 10.9. The average Bonchev–Trinajstić information content (AvgIpc) is 2.67. The van der Waals surface area contributed by atoms with Crippen LogP contribution in [0.15, 0.2) is 36.5 Å². The maximum atomic E-state index is 12.5. The van der Waals surface area contributed by atoms with Gasteiger partial charge in [-0.15, -0.1) is 0 Å². The van der Waals surface area contributed by atoms with Crippen LogP contribution in [0.3, 0.4) is 0 Å². The molecule has 4 nitrogen and oxygen atoms in total. The molecule has 5 atom stereocenters. The fourth-order valence-corrected chi connectivity index (χ4v) is 4.98. The van der Waals surface area contributed by atoms with E-state index in [9.17, 15) is 9.59 Å². The third kappa shape index (κ3) is 0.799. The summed E-state index contributed by atoms with van der Waals surface area (Å²) in [7, 11) is 0. The zero-order chi connectivity index (χ0) is 13.7. The van der Waals surface area contributed by atoms with Gasteiger partial charge in [0.1, 0.15) is 5.92 Å². The molecular formula is C16H16N2O2. The number of carbonyl (C=O) groups is 2. The molecule has 20 heavy (non-hydrogen) atoms. The highest BCUT2D eigenvalue weighted by molar-refractivity contribution is 6.06. The summed E-state index contributed by atoms with van der Waals surface area (Å²) in [5.74, 6) is -0.598. The first-order valence-electron chi connectivity index (χ1n) is 7.32. The molecule has 0 radical (unpaired) electrons. The highest BCUT2D eigenvalue weighted by Crippen LogP contribution is 2.68. The molecule has 0 aromatic carbocycles. The van der Waals surface area contributed by atoms with Crippen LogP contribution in [-0.4, -0.2) is 33.9 Å². The van der Waals surface area contributed by atoms with Gasteiger partial charge in [-0.25, -0.2) is 10.0 Å². The van der Waals surface area contributed by atoms with Gasteiger partial charge < -0.3 is 0 Å². The number of nitrogens with zero attached hydrogens (tertiary/aromatic N) is 2. The van der Waals surface area contributed by atoms with E-state index in [4.69, 9.17) is 0 Å². The molecule has 2 fully saturated rings. The standard InChI is InChI=1S/C16H16N2O2/c1-10-13(19)17-11-4-5-12(18(17)14(10)20)16-7-3-2-6-15(11,16)8-9-16/h2-5,8-12H,6-7H2,1H3/t10?,11-,12+,15-,16-/m0/s1. The second-order valence-electron chi connectivity index (χ2n) is 6.66. The van der Waals surface area contributed by atoms with Crippen LogP contribution in [-0.2, 0) is 9.59 Å². The highest BCUT2D eigenvalue weighted by atomic mass is 16.2. The molecule has 0 N–H and O–H groups in total. The summed E-state index contributed by atoms with van der Waals surface area (Å²) in [5, 5.41) is 3.50. The van der Waals surface area contributed by atoms with Gasteiger partial charge >= 0.3 is 0 Å². The van der Waals surface area contributed by atoms with Crippen LogP contribution in [0.5, 0.6) is 0 Å². The van der Waals surface area contributed by atoms with Gasteiger partial charge in [0, 0.05) is 10.8 Å². The van der Waals surface area contributed by atoms with Gasteiger partial charge in [-0.05, 0) is 19.8 Å². The molecule has 0 aromatic rings. The van der Waals surface area contributed by atoms with Crippen molar-refractivity contribution in [3.8, 4) is 0 Å². The predicted octanol–water partition coefficient (Wildman–Crippen LogP) is 1.42. The Morgan fingerprint density at radius 1 is 0.950 bits per heavy atom. The molecule has 3 aliphatic carbocycles. The van der Waals surface area contributed by atoms with E-state index in [-0.39, 0.29) is 34.7 Å². The van der Waals surface area contributed by atoms with Crippen molar-refractivity contribution in [3.05, 3.63) is 36.5 Å². The molecule has 0 spiro atoms. The number of hydrogen-bond acceptors (Lipinski definition) is 2. The minimum Gasteiger partial charge on any atom is -0.272 e. The molecular weight excluding hydrogens is 252 g/mol. The summed E-state index contributed by atoms with van der Waals surface area (Å²) >= 11 is 0. The SMILES string of the molecule is CC1C(=O)N2[C@H]3C=C[C@@H](N2C1=O)[C@]12C=C[C@@]31CC=CC2. The van der Waals surface area contributed by atoms with E-state index in [1.807, 2.05) is 0 Å². The van der Waals surface area contributed by atoms with Crippen molar-refractivity contribution in [2.24, 2.45) is 16.7 Å². The Hall–Kier alpha value is -1.84.